The highest BCUT2D eigenvalue weighted by atomic mass is 35.5. The first kappa shape index (κ1) is 34.8. The zero-order valence-electron chi connectivity index (χ0n) is 27.2. The predicted molar refractivity (Wildman–Crippen MR) is 175 cm³/mol. The third-order valence-electron chi connectivity index (χ3n) is 8.70. The van der Waals surface area contributed by atoms with Crippen LogP contribution in [-0.4, -0.2) is 61.3 Å². The highest BCUT2D eigenvalue weighted by molar-refractivity contribution is 6.33. The van der Waals surface area contributed by atoms with Crippen molar-refractivity contribution in [3.8, 4) is 22.6 Å². The average molecular weight is 713 g/mol. The minimum absolute atomic E-state index is 0.0268. The van der Waals surface area contributed by atoms with E-state index in [2.05, 4.69) is 25.5 Å². The Labute approximate surface area is 289 Å². The molecule has 1 saturated carbocycles. The van der Waals surface area contributed by atoms with Crippen LogP contribution in [0.3, 0.4) is 0 Å². The third-order valence-corrected chi connectivity index (χ3v) is 9.03. The number of nitrogens with zero attached hydrogens (tertiary/aromatic N) is 4. The molecule has 0 spiro atoms. The third kappa shape index (κ3) is 6.61. The number of pyridine rings is 1. The fourth-order valence-corrected chi connectivity index (χ4v) is 6.45. The first-order valence-electron chi connectivity index (χ1n) is 15.6. The molecule has 2 aliphatic rings. The van der Waals surface area contributed by atoms with Gasteiger partial charge in [-0.05, 0) is 60.6 Å². The summed E-state index contributed by atoms with van der Waals surface area (Å²) in [6, 6.07) is 12.9. The van der Waals surface area contributed by atoms with Crippen molar-refractivity contribution in [3.05, 3.63) is 89.1 Å². The lowest BCUT2D eigenvalue weighted by atomic mass is 9.75. The van der Waals surface area contributed by atoms with E-state index in [1.165, 1.54) is 30.6 Å². The highest BCUT2D eigenvalue weighted by Crippen LogP contribution is 2.49. The van der Waals surface area contributed by atoms with Crippen molar-refractivity contribution in [2.24, 2.45) is 5.41 Å². The van der Waals surface area contributed by atoms with E-state index in [1.54, 1.807) is 36.5 Å². The van der Waals surface area contributed by atoms with Gasteiger partial charge in [0.2, 0.25) is 0 Å². The maximum absolute atomic E-state index is 16.2. The van der Waals surface area contributed by atoms with Gasteiger partial charge in [-0.2, -0.15) is 18.3 Å². The molecule has 16 heteroatoms. The summed E-state index contributed by atoms with van der Waals surface area (Å²) < 4.78 is 62.4. The number of rotatable bonds is 9. The lowest BCUT2D eigenvalue weighted by Crippen LogP contribution is -2.49. The van der Waals surface area contributed by atoms with Gasteiger partial charge in [0.25, 0.3) is 5.91 Å². The summed E-state index contributed by atoms with van der Waals surface area (Å²) in [5, 5.41) is 20.7. The van der Waals surface area contributed by atoms with Crippen LogP contribution in [0.2, 0.25) is 5.02 Å². The van der Waals surface area contributed by atoms with Crippen molar-refractivity contribution in [2.45, 2.75) is 63.3 Å². The Hall–Kier alpha value is -5.05. The molecule has 2 aromatic heterocycles. The van der Waals surface area contributed by atoms with Gasteiger partial charge in [0.15, 0.2) is 11.8 Å². The summed E-state index contributed by atoms with van der Waals surface area (Å²) in [6.07, 6.45) is -3.77. The van der Waals surface area contributed by atoms with Crippen LogP contribution >= 0.6 is 11.6 Å². The number of carbonyl (C=O) groups is 2. The molecule has 2 aromatic carbocycles. The lowest BCUT2D eigenvalue weighted by Gasteiger charge is -2.35. The normalized spacial score (nSPS) is 19.2. The van der Waals surface area contributed by atoms with Gasteiger partial charge in [-0.15, -0.1) is 0 Å². The van der Waals surface area contributed by atoms with Crippen LogP contribution < -0.4 is 10.6 Å². The maximum Gasteiger partial charge on any atom is 0.411 e. The minimum atomic E-state index is -4.69. The Morgan fingerprint density at radius 2 is 1.88 bits per heavy atom. The number of alkyl carbamates (subject to hydrolysis) is 1. The van der Waals surface area contributed by atoms with Gasteiger partial charge in [0.05, 0.1) is 16.8 Å². The number of nitrogens with one attached hydrogen (secondary N) is 4. The standard InChI is InChI=1S/C34H33ClF4N8O3/c1-31(2,3)17-33(22-9-7-19(15-24(22)36)25-6-4-5-13-41-25)28(48)47(29(40)44-33)26(16-50-30(49)45-32(11-12-32)34(37,38)39)20-8-10-23(35)21(14-20)27-42-18-43-46-27/h4-10,13-15,18,26H,11-12,16-17H2,1-3H3,(H2,40,44)(H,45,49)(H,42,43,46)/t26-,33-/m1/s1. The van der Waals surface area contributed by atoms with Crippen molar-refractivity contribution in [2.75, 3.05) is 6.61 Å². The zero-order valence-corrected chi connectivity index (χ0v) is 27.9. The second-order valence-corrected chi connectivity index (χ2v) is 14.0. The van der Waals surface area contributed by atoms with Crippen LogP contribution in [0.25, 0.3) is 22.6 Å². The number of hydrogen-bond acceptors (Lipinski definition) is 7. The lowest BCUT2D eigenvalue weighted by molar-refractivity contribution is -0.164. The molecule has 1 aliphatic heterocycles. The number of amides is 2. The summed E-state index contributed by atoms with van der Waals surface area (Å²) >= 11 is 6.46. The second-order valence-electron chi connectivity index (χ2n) is 13.6. The van der Waals surface area contributed by atoms with Crippen LogP contribution in [0, 0.1) is 16.6 Å². The van der Waals surface area contributed by atoms with Gasteiger partial charge in [-0.25, -0.2) is 14.2 Å². The number of halogens is 5. The predicted octanol–water partition coefficient (Wildman–Crippen LogP) is 6.89. The first-order valence-corrected chi connectivity index (χ1v) is 16.0. The summed E-state index contributed by atoms with van der Waals surface area (Å²) in [5.74, 6) is -1.62. The summed E-state index contributed by atoms with van der Waals surface area (Å²) in [7, 11) is 0. The molecule has 3 heterocycles. The Morgan fingerprint density at radius 1 is 1.12 bits per heavy atom. The summed E-state index contributed by atoms with van der Waals surface area (Å²) in [4.78, 5) is 37.0. The summed E-state index contributed by atoms with van der Waals surface area (Å²) in [5.41, 5.74) is -3.16. The van der Waals surface area contributed by atoms with Gasteiger partial charge in [-0.1, -0.05) is 56.6 Å². The molecular formula is C34H33ClF4N8O3. The molecule has 11 nitrogen and oxygen atoms in total. The van der Waals surface area contributed by atoms with Crippen molar-refractivity contribution in [1.82, 2.24) is 35.7 Å². The number of ether oxygens (including phenoxy) is 1. The van der Waals surface area contributed by atoms with E-state index < -0.39 is 59.1 Å². The van der Waals surface area contributed by atoms with Crippen LogP contribution in [0.1, 0.15) is 57.2 Å². The second kappa shape index (κ2) is 12.7. The maximum atomic E-state index is 16.2. The molecule has 2 fully saturated rings. The zero-order chi connectivity index (χ0) is 36.1. The van der Waals surface area contributed by atoms with Crippen molar-refractivity contribution < 1.29 is 31.9 Å². The highest BCUT2D eigenvalue weighted by Gasteiger charge is 2.65. The Balaban J connectivity index is 1.40. The number of alkyl halides is 3. The SMILES string of the molecule is CC(C)(C)C[C@]1(c2ccc(-c3ccccn3)cc2F)NC(=N)N([C@H](COC(=O)NC2(C(F)(F)F)CC2)c2ccc(Cl)c(-c3ncn[nH]3)c2)C1=O. The molecule has 262 valence electrons. The van der Waals surface area contributed by atoms with Crippen LogP contribution in [-0.2, 0) is 15.1 Å². The number of aromatic nitrogens is 4. The van der Waals surface area contributed by atoms with Gasteiger partial charge in [0.1, 0.15) is 29.8 Å². The van der Waals surface area contributed by atoms with Gasteiger partial charge in [-0.3, -0.25) is 25.2 Å². The molecule has 1 saturated heterocycles. The first-order chi connectivity index (χ1) is 23.5. The van der Waals surface area contributed by atoms with Crippen LogP contribution in [0.4, 0.5) is 22.4 Å². The van der Waals surface area contributed by atoms with Crippen molar-refractivity contribution in [3.63, 3.8) is 0 Å². The monoisotopic (exact) mass is 712 g/mol. The molecule has 50 heavy (non-hydrogen) atoms. The molecule has 0 unspecified atom stereocenters. The quantitative estimate of drug-likeness (QED) is 0.138. The molecule has 0 radical (unpaired) electrons. The van der Waals surface area contributed by atoms with E-state index >= 15 is 4.39 Å². The Morgan fingerprint density at radius 3 is 2.48 bits per heavy atom. The van der Waals surface area contributed by atoms with Crippen LogP contribution in [0.5, 0.6) is 0 Å². The molecule has 4 N–H and O–H groups in total. The van der Waals surface area contributed by atoms with E-state index in [0.29, 0.717) is 22.4 Å². The number of guanidine groups is 1. The van der Waals surface area contributed by atoms with E-state index in [1.807, 2.05) is 26.1 Å². The van der Waals surface area contributed by atoms with Crippen LogP contribution in [0.15, 0.2) is 67.1 Å². The molecule has 6 rings (SSSR count). The average Bonchev–Trinajstić information content (AvgIpc) is 3.55. The van der Waals surface area contributed by atoms with Crippen molar-refractivity contribution >= 4 is 29.6 Å². The number of carbonyl (C=O) groups excluding carboxylic acids is 2. The van der Waals surface area contributed by atoms with Gasteiger partial charge < -0.3 is 15.4 Å². The summed E-state index contributed by atoms with van der Waals surface area (Å²) in [6.45, 7) is 4.91. The van der Waals surface area contributed by atoms with E-state index in [9.17, 15) is 22.8 Å². The fourth-order valence-electron chi connectivity index (χ4n) is 6.24. The largest absolute Gasteiger partial charge is 0.447 e. The number of aromatic amines is 1. The van der Waals surface area contributed by atoms with E-state index in [4.69, 9.17) is 21.7 Å². The number of H-pyrrole nitrogens is 1. The molecule has 2 amide bonds. The Bertz CT molecular complexity index is 1930. The molecule has 2 atom stereocenters. The molecule has 1 aliphatic carbocycles. The number of hydrogen-bond donors (Lipinski definition) is 4. The van der Waals surface area contributed by atoms with Crippen molar-refractivity contribution in [1.29, 1.82) is 5.41 Å². The van der Waals surface area contributed by atoms with E-state index in [-0.39, 0.29) is 35.7 Å². The minimum Gasteiger partial charge on any atom is -0.447 e. The molecule has 4 aromatic rings. The van der Waals surface area contributed by atoms with Gasteiger partial charge >= 0.3 is 12.3 Å². The fraction of sp³-hybridized carbons (Fsp3) is 0.353. The Kier molecular flexibility index (Phi) is 8.83. The van der Waals surface area contributed by atoms with Gasteiger partial charge in [0, 0.05) is 22.9 Å². The smallest absolute Gasteiger partial charge is 0.411 e. The molecule has 0 bridgehead atoms. The number of benzene rings is 2. The topological polar surface area (TPSA) is 149 Å². The molecular weight excluding hydrogens is 680 g/mol. The van der Waals surface area contributed by atoms with E-state index in [0.717, 1.165) is 4.90 Å².